The van der Waals surface area contributed by atoms with Gasteiger partial charge in [-0.05, 0) is 16.9 Å². The van der Waals surface area contributed by atoms with Crippen LogP contribution in [-0.2, 0) is 0 Å². The summed E-state index contributed by atoms with van der Waals surface area (Å²) < 4.78 is 1.10. The SMILES string of the molecule is CN(CC(C)(C)C)c1nc(N)nc2ccsc12. The van der Waals surface area contributed by atoms with E-state index >= 15 is 0 Å². The predicted molar refractivity (Wildman–Crippen MR) is 74.6 cm³/mol. The van der Waals surface area contributed by atoms with Crippen LogP contribution in [0.1, 0.15) is 20.8 Å². The molecule has 0 aromatic carbocycles. The first-order chi connectivity index (χ1) is 7.87. The van der Waals surface area contributed by atoms with Gasteiger partial charge in [0.1, 0.15) is 0 Å². The molecule has 0 aliphatic carbocycles. The fourth-order valence-corrected chi connectivity index (χ4v) is 2.78. The zero-order chi connectivity index (χ0) is 12.6. The molecule has 2 N–H and O–H groups in total. The Morgan fingerprint density at radius 1 is 1.35 bits per heavy atom. The molecule has 17 heavy (non-hydrogen) atoms. The van der Waals surface area contributed by atoms with E-state index in [1.165, 1.54) is 0 Å². The van der Waals surface area contributed by atoms with Crippen LogP contribution >= 0.6 is 11.3 Å². The van der Waals surface area contributed by atoms with Crippen molar-refractivity contribution in [3.63, 3.8) is 0 Å². The lowest BCUT2D eigenvalue weighted by Crippen LogP contribution is -2.30. The highest BCUT2D eigenvalue weighted by molar-refractivity contribution is 7.17. The van der Waals surface area contributed by atoms with E-state index in [0.717, 1.165) is 22.6 Å². The number of anilines is 2. The van der Waals surface area contributed by atoms with Crippen molar-refractivity contribution >= 4 is 33.3 Å². The number of fused-ring (bicyclic) bond motifs is 1. The summed E-state index contributed by atoms with van der Waals surface area (Å²) in [6.45, 7) is 7.55. The Morgan fingerprint density at radius 2 is 2.06 bits per heavy atom. The molecule has 5 heteroatoms. The van der Waals surface area contributed by atoms with Gasteiger partial charge in [-0.3, -0.25) is 0 Å². The van der Waals surface area contributed by atoms with Crippen molar-refractivity contribution in [1.29, 1.82) is 0 Å². The van der Waals surface area contributed by atoms with Crippen molar-refractivity contribution in [3.05, 3.63) is 11.4 Å². The van der Waals surface area contributed by atoms with Crippen molar-refractivity contribution in [1.82, 2.24) is 9.97 Å². The van der Waals surface area contributed by atoms with Crippen molar-refractivity contribution in [3.8, 4) is 0 Å². The Morgan fingerprint density at radius 3 is 2.71 bits per heavy atom. The van der Waals surface area contributed by atoms with Gasteiger partial charge in [0.15, 0.2) is 5.82 Å². The van der Waals surface area contributed by atoms with Gasteiger partial charge in [-0.1, -0.05) is 20.8 Å². The Hall–Kier alpha value is -1.36. The first-order valence-corrected chi connectivity index (χ1v) is 6.47. The normalized spacial score (nSPS) is 12.0. The molecule has 0 amide bonds. The lowest BCUT2D eigenvalue weighted by Gasteiger charge is -2.27. The molecule has 4 nitrogen and oxygen atoms in total. The van der Waals surface area contributed by atoms with E-state index in [4.69, 9.17) is 5.73 Å². The molecular formula is C12H18N4S. The lowest BCUT2D eigenvalue weighted by atomic mass is 9.96. The third kappa shape index (κ3) is 2.66. The summed E-state index contributed by atoms with van der Waals surface area (Å²) in [5, 5.41) is 2.02. The summed E-state index contributed by atoms with van der Waals surface area (Å²) >= 11 is 1.65. The predicted octanol–water partition coefficient (Wildman–Crippen LogP) is 2.76. The molecule has 0 fully saturated rings. The summed E-state index contributed by atoms with van der Waals surface area (Å²) in [6.07, 6.45) is 0. The molecule has 2 heterocycles. The van der Waals surface area contributed by atoms with E-state index in [1.807, 2.05) is 18.5 Å². The molecule has 0 radical (unpaired) electrons. The third-order valence-corrected chi connectivity index (χ3v) is 3.28. The fraction of sp³-hybridized carbons (Fsp3) is 0.500. The maximum Gasteiger partial charge on any atom is 0.222 e. The molecule has 0 saturated heterocycles. The molecule has 0 aliphatic rings. The number of nitrogens with two attached hydrogens (primary N) is 1. The first kappa shape index (κ1) is 12.1. The van der Waals surface area contributed by atoms with Crippen LogP contribution in [-0.4, -0.2) is 23.6 Å². The molecular weight excluding hydrogens is 232 g/mol. The summed E-state index contributed by atoms with van der Waals surface area (Å²) in [4.78, 5) is 10.7. The fourth-order valence-electron chi connectivity index (χ4n) is 1.91. The monoisotopic (exact) mass is 250 g/mol. The summed E-state index contributed by atoms with van der Waals surface area (Å²) in [7, 11) is 2.05. The van der Waals surface area contributed by atoms with Gasteiger partial charge in [0.25, 0.3) is 0 Å². The van der Waals surface area contributed by atoms with Crippen LogP contribution in [0, 0.1) is 5.41 Å². The minimum absolute atomic E-state index is 0.220. The number of thiophene rings is 1. The average Bonchev–Trinajstić information content (AvgIpc) is 2.60. The molecule has 0 bridgehead atoms. The number of aromatic nitrogens is 2. The molecule has 2 rings (SSSR count). The van der Waals surface area contributed by atoms with Crippen LogP contribution in [0.5, 0.6) is 0 Å². The molecule has 0 saturated carbocycles. The van der Waals surface area contributed by atoms with Gasteiger partial charge < -0.3 is 10.6 Å². The van der Waals surface area contributed by atoms with Gasteiger partial charge in [0.2, 0.25) is 5.95 Å². The maximum atomic E-state index is 5.74. The summed E-state index contributed by atoms with van der Waals surface area (Å²) in [5.41, 5.74) is 6.89. The minimum Gasteiger partial charge on any atom is -0.368 e. The average molecular weight is 250 g/mol. The zero-order valence-corrected chi connectivity index (χ0v) is 11.5. The molecule has 2 aromatic rings. The molecule has 0 unspecified atom stereocenters. The lowest BCUT2D eigenvalue weighted by molar-refractivity contribution is 0.418. The quantitative estimate of drug-likeness (QED) is 0.890. The van der Waals surface area contributed by atoms with Crippen LogP contribution in [0.25, 0.3) is 10.2 Å². The van der Waals surface area contributed by atoms with Crippen molar-refractivity contribution in [2.24, 2.45) is 5.41 Å². The number of nitrogen functional groups attached to an aromatic ring is 1. The topological polar surface area (TPSA) is 55.0 Å². The Bertz CT molecular complexity index is 527. The van der Waals surface area contributed by atoms with Gasteiger partial charge in [-0.2, -0.15) is 4.98 Å². The van der Waals surface area contributed by atoms with E-state index in [0.29, 0.717) is 5.95 Å². The second kappa shape index (κ2) is 4.14. The van der Waals surface area contributed by atoms with Crippen LogP contribution in [0.3, 0.4) is 0 Å². The van der Waals surface area contributed by atoms with Gasteiger partial charge >= 0.3 is 0 Å². The molecule has 0 spiro atoms. The zero-order valence-electron chi connectivity index (χ0n) is 10.7. The van der Waals surface area contributed by atoms with E-state index < -0.39 is 0 Å². The van der Waals surface area contributed by atoms with Crippen molar-refractivity contribution < 1.29 is 0 Å². The maximum absolute atomic E-state index is 5.74. The van der Waals surface area contributed by atoms with E-state index in [9.17, 15) is 0 Å². The third-order valence-electron chi connectivity index (χ3n) is 2.38. The van der Waals surface area contributed by atoms with Crippen LogP contribution in [0.15, 0.2) is 11.4 Å². The Kier molecular flexibility index (Phi) is 2.95. The van der Waals surface area contributed by atoms with Gasteiger partial charge in [-0.25, -0.2) is 4.98 Å². The Labute approximate surface area is 105 Å². The van der Waals surface area contributed by atoms with Crippen molar-refractivity contribution in [2.75, 3.05) is 24.2 Å². The number of nitrogens with zero attached hydrogens (tertiary/aromatic N) is 3. The largest absolute Gasteiger partial charge is 0.368 e. The van der Waals surface area contributed by atoms with E-state index in [1.54, 1.807) is 11.3 Å². The van der Waals surface area contributed by atoms with Crippen molar-refractivity contribution in [2.45, 2.75) is 20.8 Å². The van der Waals surface area contributed by atoms with Crippen LogP contribution in [0.4, 0.5) is 11.8 Å². The Balaban J connectivity index is 2.43. The number of rotatable bonds is 2. The van der Waals surface area contributed by atoms with Crippen LogP contribution < -0.4 is 10.6 Å². The number of hydrogen-bond acceptors (Lipinski definition) is 5. The second-order valence-electron chi connectivity index (χ2n) is 5.46. The highest BCUT2D eigenvalue weighted by Gasteiger charge is 2.18. The summed E-state index contributed by atoms with van der Waals surface area (Å²) in [5.74, 6) is 1.27. The highest BCUT2D eigenvalue weighted by atomic mass is 32.1. The minimum atomic E-state index is 0.220. The molecule has 2 aromatic heterocycles. The smallest absolute Gasteiger partial charge is 0.222 e. The van der Waals surface area contributed by atoms with Crippen LogP contribution in [0.2, 0.25) is 0 Å². The van der Waals surface area contributed by atoms with E-state index in [2.05, 4.69) is 35.6 Å². The molecule has 0 atom stereocenters. The van der Waals surface area contributed by atoms with Gasteiger partial charge in [0.05, 0.1) is 10.2 Å². The number of hydrogen-bond donors (Lipinski definition) is 1. The standard InChI is InChI=1S/C12H18N4S/c1-12(2,3)7-16(4)10-9-8(5-6-17-9)14-11(13)15-10/h5-6H,7H2,1-4H3,(H2,13,14,15). The summed E-state index contributed by atoms with van der Waals surface area (Å²) in [6, 6.07) is 1.98. The van der Waals surface area contributed by atoms with Gasteiger partial charge in [-0.15, -0.1) is 11.3 Å². The van der Waals surface area contributed by atoms with E-state index in [-0.39, 0.29) is 5.41 Å². The highest BCUT2D eigenvalue weighted by Crippen LogP contribution is 2.30. The van der Waals surface area contributed by atoms with Gasteiger partial charge in [0, 0.05) is 13.6 Å². The molecule has 92 valence electrons. The second-order valence-corrected chi connectivity index (χ2v) is 6.37. The first-order valence-electron chi connectivity index (χ1n) is 5.59. The molecule has 0 aliphatic heterocycles.